The number of rotatable bonds is 12. The van der Waals surface area contributed by atoms with E-state index in [9.17, 15) is 9.90 Å². The average Bonchev–Trinajstić information content (AvgIpc) is 3.08. The van der Waals surface area contributed by atoms with E-state index in [-0.39, 0.29) is 18.7 Å². The lowest BCUT2D eigenvalue weighted by Crippen LogP contribution is -2.32. The minimum atomic E-state index is -0.596. The van der Waals surface area contributed by atoms with Gasteiger partial charge in [0.25, 0.3) is 0 Å². The van der Waals surface area contributed by atoms with Crippen LogP contribution in [0.5, 0.6) is 0 Å². The zero-order valence-corrected chi connectivity index (χ0v) is 23.3. The van der Waals surface area contributed by atoms with Gasteiger partial charge in [-0.2, -0.15) is 0 Å². The van der Waals surface area contributed by atoms with Crippen molar-refractivity contribution in [1.29, 1.82) is 0 Å². The summed E-state index contributed by atoms with van der Waals surface area (Å²) in [6, 6.07) is 0. The number of allylic oxidation sites excluding steroid dienone is 3. The molecule has 1 aliphatic heterocycles. The predicted molar refractivity (Wildman–Crippen MR) is 146 cm³/mol. The molecule has 1 fully saturated rings. The van der Waals surface area contributed by atoms with Gasteiger partial charge in [0.05, 0.1) is 25.4 Å². The van der Waals surface area contributed by atoms with Crippen LogP contribution in [-0.2, 0) is 14.3 Å². The molecule has 0 spiro atoms. The van der Waals surface area contributed by atoms with Gasteiger partial charge in [0.1, 0.15) is 6.10 Å². The first-order chi connectivity index (χ1) is 15.9. The number of methoxy groups -OCH3 is 1. The number of carbonyl (C=O) groups excluding carboxylic acids is 1. The Balaban J connectivity index is -0.000000268. The molecule has 1 heterocycles. The van der Waals surface area contributed by atoms with Gasteiger partial charge in [-0.1, -0.05) is 85.1 Å². The van der Waals surface area contributed by atoms with E-state index >= 15 is 0 Å². The number of cyclic esters (lactones) is 1. The number of carbonyl (C=O) groups is 1. The minimum absolute atomic E-state index is 0.0796. The summed E-state index contributed by atoms with van der Waals surface area (Å²) >= 11 is 0. The fraction of sp³-hybridized carbons (Fsp3) is 0.690. The molecule has 2 atom stereocenters. The summed E-state index contributed by atoms with van der Waals surface area (Å²) in [4.78, 5) is 11.6. The van der Waals surface area contributed by atoms with Gasteiger partial charge >= 0.3 is 5.97 Å². The molecule has 33 heavy (non-hydrogen) atoms. The maximum absolute atomic E-state index is 11.6. The molecule has 0 aromatic rings. The number of aliphatic hydroxyl groups is 1. The fourth-order valence-electron chi connectivity index (χ4n) is 2.79. The summed E-state index contributed by atoms with van der Waals surface area (Å²) < 4.78 is 9.84. The third kappa shape index (κ3) is 20.5. The van der Waals surface area contributed by atoms with Gasteiger partial charge in [-0.25, -0.2) is 4.79 Å². The van der Waals surface area contributed by atoms with E-state index in [2.05, 4.69) is 31.4 Å². The lowest BCUT2D eigenvalue weighted by atomic mass is 9.78. The number of hydrogen-bond acceptors (Lipinski definition) is 4. The van der Waals surface area contributed by atoms with Crippen LogP contribution in [0.1, 0.15) is 106 Å². The number of esters is 1. The molecular weight excluding hydrogens is 412 g/mol. The summed E-state index contributed by atoms with van der Waals surface area (Å²) in [6.45, 7) is 24.7. The Morgan fingerprint density at radius 3 is 1.88 bits per heavy atom. The Labute approximate surface area is 206 Å². The van der Waals surface area contributed by atoms with Gasteiger partial charge in [-0.3, -0.25) is 0 Å². The van der Waals surface area contributed by atoms with Crippen molar-refractivity contribution >= 4 is 5.97 Å². The van der Waals surface area contributed by atoms with Crippen LogP contribution in [-0.4, -0.2) is 30.9 Å². The second-order valence-electron chi connectivity index (χ2n) is 7.34. The first-order valence-corrected chi connectivity index (χ1v) is 12.8. The summed E-state index contributed by atoms with van der Waals surface area (Å²) in [6.07, 6.45) is 17.2. The molecule has 0 aromatic heterocycles. The van der Waals surface area contributed by atoms with Crippen molar-refractivity contribution in [3.63, 3.8) is 0 Å². The van der Waals surface area contributed by atoms with Crippen LogP contribution >= 0.6 is 0 Å². The maximum atomic E-state index is 11.6. The zero-order valence-electron chi connectivity index (χ0n) is 23.3. The van der Waals surface area contributed by atoms with Crippen LogP contribution in [0.15, 0.2) is 49.8 Å². The molecule has 0 unspecified atom stereocenters. The molecule has 1 N–H and O–H groups in total. The Bertz CT molecular complexity index is 482. The Kier molecular flexibility index (Phi) is 35.2. The number of aliphatic hydroxyl groups excluding tert-OH is 1. The first-order valence-electron chi connectivity index (χ1n) is 12.8. The van der Waals surface area contributed by atoms with E-state index in [1.807, 2.05) is 59.8 Å². The molecular formula is C29H56O4. The van der Waals surface area contributed by atoms with Crippen molar-refractivity contribution in [2.45, 2.75) is 112 Å². The molecule has 4 heteroatoms. The second-order valence-corrected chi connectivity index (χ2v) is 7.34. The number of ether oxygens (including phenoxy) is 2. The quantitative estimate of drug-likeness (QED) is 0.102. The molecule has 196 valence electrons. The van der Waals surface area contributed by atoms with Crippen LogP contribution in [0.2, 0.25) is 0 Å². The number of unbranched alkanes of at least 4 members (excludes halogenated alkanes) is 6. The van der Waals surface area contributed by atoms with Crippen molar-refractivity contribution in [3.05, 3.63) is 49.8 Å². The van der Waals surface area contributed by atoms with Gasteiger partial charge in [0.15, 0.2) is 0 Å². The van der Waals surface area contributed by atoms with E-state index in [1.165, 1.54) is 25.7 Å². The predicted octanol–water partition coefficient (Wildman–Crippen LogP) is 8.57. The minimum Gasteiger partial charge on any atom is -0.505 e. The molecule has 0 aromatic carbocycles. The molecule has 1 aliphatic rings. The SMILES string of the molecule is C/C=C/OC.C=CCC.C=CCCCCCCCC[C@H]1OC(=O)C(=C)[C@]1(C)CO.CC.CC. The zero-order chi connectivity index (χ0) is 26.5. The lowest BCUT2D eigenvalue weighted by Gasteiger charge is -2.26. The van der Waals surface area contributed by atoms with Crippen LogP contribution in [0.4, 0.5) is 0 Å². The largest absolute Gasteiger partial charge is 0.505 e. The maximum Gasteiger partial charge on any atom is 0.334 e. The summed E-state index contributed by atoms with van der Waals surface area (Å²) in [5, 5.41) is 9.51. The van der Waals surface area contributed by atoms with E-state index < -0.39 is 5.41 Å². The summed E-state index contributed by atoms with van der Waals surface area (Å²) in [5.41, 5.74) is -0.185. The molecule has 0 aliphatic carbocycles. The van der Waals surface area contributed by atoms with Crippen LogP contribution in [0, 0.1) is 5.41 Å². The van der Waals surface area contributed by atoms with Crippen molar-refractivity contribution in [2.24, 2.45) is 5.41 Å². The van der Waals surface area contributed by atoms with E-state index in [0.29, 0.717) is 5.57 Å². The molecule has 0 saturated carbocycles. The molecule has 1 rings (SSSR count). The van der Waals surface area contributed by atoms with Crippen molar-refractivity contribution in [2.75, 3.05) is 13.7 Å². The van der Waals surface area contributed by atoms with Crippen molar-refractivity contribution < 1.29 is 19.4 Å². The summed E-state index contributed by atoms with van der Waals surface area (Å²) in [7, 11) is 1.62. The van der Waals surface area contributed by atoms with Gasteiger partial charge in [-0.05, 0) is 46.0 Å². The molecule has 0 amide bonds. The highest BCUT2D eigenvalue weighted by Crippen LogP contribution is 2.41. The van der Waals surface area contributed by atoms with Gasteiger partial charge in [0, 0.05) is 5.57 Å². The van der Waals surface area contributed by atoms with Crippen molar-refractivity contribution in [1.82, 2.24) is 0 Å². The van der Waals surface area contributed by atoms with E-state index in [1.54, 1.807) is 13.4 Å². The molecule has 1 saturated heterocycles. The smallest absolute Gasteiger partial charge is 0.334 e. The fourth-order valence-corrected chi connectivity index (χ4v) is 2.79. The Morgan fingerprint density at radius 1 is 1.03 bits per heavy atom. The highest BCUT2D eigenvalue weighted by atomic mass is 16.6. The monoisotopic (exact) mass is 468 g/mol. The van der Waals surface area contributed by atoms with E-state index in [4.69, 9.17) is 4.74 Å². The Hall–Kier alpha value is -1.81. The highest BCUT2D eigenvalue weighted by Gasteiger charge is 2.48. The third-order valence-electron chi connectivity index (χ3n) is 4.91. The normalized spacial score (nSPS) is 18.2. The Morgan fingerprint density at radius 2 is 1.52 bits per heavy atom. The number of hydrogen-bond donors (Lipinski definition) is 1. The standard InChI is InChI=1S/C17H28O3.C4H8O.C4H8.2C2H6/c1-4-5-6-7-8-9-10-11-12-15-17(3,13-18)14(2)16(19)20-15;1-3-4-5-2;1-3-4-2;2*1-2/h4,15,18H,1-2,5-13H2,3H3;3-4H,1-2H3;3H,1,4H2,2H3;2*1-2H3/b;4-3+;;;/t15-,17+;;;;/m1..../s1. The molecule has 0 bridgehead atoms. The third-order valence-corrected chi connectivity index (χ3v) is 4.91. The average molecular weight is 469 g/mol. The highest BCUT2D eigenvalue weighted by molar-refractivity contribution is 5.92. The van der Waals surface area contributed by atoms with E-state index in [0.717, 1.165) is 32.1 Å². The van der Waals surface area contributed by atoms with Gasteiger partial charge in [0.2, 0.25) is 0 Å². The first kappa shape index (κ1) is 38.5. The summed E-state index contributed by atoms with van der Waals surface area (Å²) in [5.74, 6) is -0.351. The van der Waals surface area contributed by atoms with Gasteiger partial charge in [-0.15, -0.1) is 13.2 Å². The molecule has 0 radical (unpaired) electrons. The van der Waals surface area contributed by atoms with Crippen molar-refractivity contribution in [3.8, 4) is 0 Å². The van der Waals surface area contributed by atoms with Crippen LogP contribution < -0.4 is 0 Å². The lowest BCUT2D eigenvalue weighted by molar-refractivity contribution is -0.140. The topological polar surface area (TPSA) is 55.8 Å². The molecule has 4 nitrogen and oxygen atoms in total. The van der Waals surface area contributed by atoms with Crippen LogP contribution in [0.25, 0.3) is 0 Å². The second kappa shape index (κ2) is 30.2. The van der Waals surface area contributed by atoms with Crippen LogP contribution in [0.3, 0.4) is 0 Å². The van der Waals surface area contributed by atoms with Gasteiger partial charge < -0.3 is 14.6 Å².